The van der Waals surface area contributed by atoms with E-state index in [0.717, 1.165) is 23.7 Å². The molecule has 1 heteroatoms. The van der Waals surface area contributed by atoms with E-state index < -0.39 is 0 Å². The van der Waals surface area contributed by atoms with Crippen molar-refractivity contribution in [1.29, 1.82) is 0 Å². The lowest BCUT2D eigenvalue weighted by molar-refractivity contribution is 0.282. The molecule has 1 rings (SSSR count). The maximum Gasteiger partial charge on any atom is -0.00178 e. The molecular formula is C16H33N. The number of rotatable bonds is 8. The first kappa shape index (κ1) is 15.0. The number of hydrogen-bond acceptors (Lipinski definition) is 1. The van der Waals surface area contributed by atoms with Gasteiger partial charge in [0.25, 0.3) is 0 Å². The number of nitrogens with one attached hydrogen (secondary N) is 1. The average Bonchev–Trinajstić information content (AvgIpc) is 2.73. The second-order valence-electron chi connectivity index (χ2n) is 6.42. The van der Waals surface area contributed by atoms with Crippen LogP contribution in [0.4, 0.5) is 0 Å². The molecule has 17 heavy (non-hydrogen) atoms. The third kappa shape index (κ3) is 5.42. The van der Waals surface area contributed by atoms with E-state index in [2.05, 4.69) is 33.0 Å². The van der Waals surface area contributed by atoms with Crippen LogP contribution in [0, 0.1) is 23.7 Å². The van der Waals surface area contributed by atoms with Gasteiger partial charge in [0.05, 0.1) is 0 Å². The molecule has 0 aliphatic heterocycles. The Kier molecular flexibility index (Phi) is 7.18. The lowest BCUT2D eigenvalue weighted by Crippen LogP contribution is -2.29. The molecule has 0 spiro atoms. The van der Waals surface area contributed by atoms with Gasteiger partial charge in [0.15, 0.2) is 0 Å². The normalized spacial score (nSPS) is 25.1. The van der Waals surface area contributed by atoms with Crippen LogP contribution >= 0.6 is 0 Å². The third-order valence-corrected chi connectivity index (χ3v) is 4.57. The minimum absolute atomic E-state index is 0.786. The monoisotopic (exact) mass is 239 g/mol. The fourth-order valence-corrected chi connectivity index (χ4v) is 3.30. The van der Waals surface area contributed by atoms with Crippen LogP contribution in [0.5, 0.6) is 0 Å². The Morgan fingerprint density at radius 1 is 1.06 bits per heavy atom. The van der Waals surface area contributed by atoms with Crippen LogP contribution in [-0.2, 0) is 0 Å². The van der Waals surface area contributed by atoms with E-state index in [4.69, 9.17) is 0 Å². The fourth-order valence-electron chi connectivity index (χ4n) is 3.30. The summed E-state index contributed by atoms with van der Waals surface area (Å²) in [6.07, 6.45) is 8.67. The van der Waals surface area contributed by atoms with Gasteiger partial charge in [0.2, 0.25) is 0 Å². The lowest BCUT2D eigenvalue weighted by Gasteiger charge is -2.24. The van der Waals surface area contributed by atoms with Crippen molar-refractivity contribution in [3.63, 3.8) is 0 Å². The molecule has 0 aromatic carbocycles. The fraction of sp³-hybridized carbons (Fsp3) is 1.00. The molecule has 2 unspecified atom stereocenters. The topological polar surface area (TPSA) is 12.0 Å². The van der Waals surface area contributed by atoms with Gasteiger partial charge in [-0.05, 0) is 49.6 Å². The summed E-state index contributed by atoms with van der Waals surface area (Å²) in [6.45, 7) is 11.8. The van der Waals surface area contributed by atoms with Crippen LogP contribution in [0.15, 0.2) is 0 Å². The first-order valence-corrected chi connectivity index (χ1v) is 7.88. The molecular weight excluding hydrogens is 206 g/mol. The van der Waals surface area contributed by atoms with Crippen LogP contribution < -0.4 is 5.32 Å². The van der Waals surface area contributed by atoms with Crippen LogP contribution in [0.2, 0.25) is 0 Å². The molecule has 102 valence electrons. The zero-order valence-electron chi connectivity index (χ0n) is 12.5. The minimum atomic E-state index is 0.786. The van der Waals surface area contributed by atoms with E-state index in [1.165, 1.54) is 51.6 Å². The highest BCUT2D eigenvalue weighted by molar-refractivity contribution is 4.80. The molecule has 1 saturated carbocycles. The van der Waals surface area contributed by atoms with Crippen molar-refractivity contribution >= 4 is 0 Å². The Morgan fingerprint density at radius 2 is 1.71 bits per heavy atom. The molecule has 0 aromatic heterocycles. The highest BCUT2D eigenvalue weighted by atomic mass is 14.9. The zero-order valence-corrected chi connectivity index (χ0v) is 12.5. The smallest absolute Gasteiger partial charge is 0.00178 e. The Bertz CT molecular complexity index is 184. The second-order valence-corrected chi connectivity index (χ2v) is 6.42. The van der Waals surface area contributed by atoms with Crippen LogP contribution in [0.1, 0.15) is 66.2 Å². The van der Waals surface area contributed by atoms with Crippen molar-refractivity contribution in [3.8, 4) is 0 Å². The Morgan fingerprint density at radius 3 is 2.29 bits per heavy atom. The summed E-state index contributed by atoms with van der Waals surface area (Å²) in [5.74, 6) is 3.74. The van der Waals surface area contributed by atoms with Gasteiger partial charge in [-0.25, -0.2) is 0 Å². The van der Waals surface area contributed by atoms with Crippen molar-refractivity contribution < 1.29 is 0 Å². The van der Waals surface area contributed by atoms with Crippen molar-refractivity contribution in [2.24, 2.45) is 23.7 Å². The summed E-state index contributed by atoms with van der Waals surface area (Å²) in [5.41, 5.74) is 0. The van der Waals surface area contributed by atoms with E-state index in [1.54, 1.807) is 0 Å². The van der Waals surface area contributed by atoms with Crippen molar-refractivity contribution in [2.45, 2.75) is 66.2 Å². The molecule has 1 aliphatic carbocycles. The van der Waals surface area contributed by atoms with E-state index in [0.29, 0.717) is 0 Å². The van der Waals surface area contributed by atoms with Crippen molar-refractivity contribution in [2.75, 3.05) is 13.1 Å². The molecule has 1 nitrogen and oxygen atoms in total. The van der Waals surface area contributed by atoms with Crippen LogP contribution in [-0.4, -0.2) is 13.1 Å². The van der Waals surface area contributed by atoms with Gasteiger partial charge in [-0.3, -0.25) is 0 Å². The zero-order chi connectivity index (χ0) is 12.7. The molecule has 0 saturated heterocycles. The van der Waals surface area contributed by atoms with E-state index >= 15 is 0 Å². The summed E-state index contributed by atoms with van der Waals surface area (Å²) in [6, 6.07) is 0. The Hall–Kier alpha value is -0.0400. The summed E-state index contributed by atoms with van der Waals surface area (Å²) in [4.78, 5) is 0. The van der Waals surface area contributed by atoms with Crippen molar-refractivity contribution in [1.82, 2.24) is 5.32 Å². The Labute approximate surface area is 109 Å². The molecule has 0 heterocycles. The highest BCUT2D eigenvalue weighted by Gasteiger charge is 2.28. The molecule has 0 amide bonds. The summed E-state index contributed by atoms with van der Waals surface area (Å²) < 4.78 is 0. The highest BCUT2D eigenvalue weighted by Crippen LogP contribution is 2.37. The summed E-state index contributed by atoms with van der Waals surface area (Å²) >= 11 is 0. The van der Waals surface area contributed by atoms with E-state index in [1.807, 2.05) is 0 Å². The first-order valence-electron chi connectivity index (χ1n) is 7.88. The second kappa shape index (κ2) is 8.13. The number of hydrogen-bond donors (Lipinski definition) is 1. The predicted molar refractivity (Wildman–Crippen MR) is 77.2 cm³/mol. The third-order valence-electron chi connectivity index (χ3n) is 4.57. The Balaban J connectivity index is 2.28. The standard InChI is InChI=1S/C16H33N/c1-5-14(6-2)10-15-8-7-9-16(15)12-17-11-13(3)4/h13-17H,5-12H2,1-4H3. The maximum absolute atomic E-state index is 3.67. The predicted octanol–water partition coefficient (Wildman–Crippen LogP) is 4.47. The van der Waals surface area contributed by atoms with Crippen LogP contribution in [0.3, 0.4) is 0 Å². The molecule has 1 fully saturated rings. The van der Waals surface area contributed by atoms with Gasteiger partial charge in [-0.15, -0.1) is 0 Å². The summed E-state index contributed by atoms with van der Waals surface area (Å²) in [5, 5.41) is 3.67. The first-order chi connectivity index (χ1) is 8.17. The van der Waals surface area contributed by atoms with Gasteiger partial charge >= 0.3 is 0 Å². The summed E-state index contributed by atoms with van der Waals surface area (Å²) in [7, 11) is 0. The molecule has 0 radical (unpaired) electrons. The molecule has 1 aliphatic rings. The minimum Gasteiger partial charge on any atom is -0.316 e. The molecule has 0 aromatic rings. The van der Waals surface area contributed by atoms with Crippen molar-refractivity contribution in [3.05, 3.63) is 0 Å². The SMILES string of the molecule is CCC(CC)CC1CCCC1CNCC(C)C. The van der Waals surface area contributed by atoms with Gasteiger partial charge in [0.1, 0.15) is 0 Å². The quantitative estimate of drug-likeness (QED) is 0.659. The van der Waals surface area contributed by atoms with Gasteiger partial charge in [-0.2, -0.15) is 0 Å². The average molecular weight is 239 g/mol. The van der Waals surface area contributed by atoms with E-state index in [9.17, 15) is 0 Å². The van der Waals surface area contributed by atoms with E-state index in [-0.39, 0.29) is 0 Å². The molecule has 1 N–H and O–H groups in total. The van der Waals surface area contributed by atoms with Gasteiger partial charge in [0, 0.05) is 0 Å². The van der Waals surface area contributed by atoms with Crippen LogP contribution in [0.25, 0.3) is 0 Å². The largest absolute Gasteiger partial charge is 0.316 e. The maximum atomic E-state index is 3.67. The molecule has 2 atom stereocenters. The lowest BCUT2D eigenvalue weighted by atomic mass is 9.84. The van der Waals surface area contributed by atoms with Gasteiger partial charge < -0.3 is 5.32 Å². The van der Waals surface area contributed by atoms with Gasteiger partial charge in [-0.1, -0.05) is 53.4 Å². The molecule has 0 bridgehead atoms.